The molecule has 0 aliphatic heterocycles. The summed E-state index contributed by atoms with van der Waals surface area (Å²) < 4.78 is 1.24. The summed E-state index contributed by atoms with van der Waals surface area (Å²) in [6.07, 6.45) is 0.581. The van der Waals surface area contributed by atoms with E-state index in [4.69, 9.17) is 10.9 Å². The van der Waals surface area contributed by atoms with Gasteiger partial charge in [0.15, 0.2) is 0 Å². The van der Waals surface area contributed by atoms with E-state index in [0.29, 0.717) is 6.42 Å². The lowest BCUT2D eigenvalue weighted by Crippen LogP contribution is -2.24. The van der Waals surface area contributed by atoms with E-state index in [1.54, 1.807) is 0 Å². The van der Waals surface area contributed by atoms with Gasteiger partial charge in [0.1, 0.15) is 5.84 Å². The van der Waals surface area contributed by atoms with Crippen molar-refractivity contribution in [3.05, 3.63) is 33.4 Å². The molecule has 4 nitrogen and oxygen atoms in total. The van der Waals surface area contributed by atoms with Crippen LogP contribution in [0.15, 0.2) is 29.4 Å². The number of amidine groups is 1. The zero-order valence-electron chi connectivity index (χ0n) is 9.23. The van der Waals surface area contributed by atoms with Gasteiger partial charge in [-0.15, -0.1) is 0 Å². The molecule has 0 unspecified atom stereocenters. The largest absolute Gasteiger partial charge is 0.409 e. The van der Waals surface area contributed by atoms with Crippen LogP contribution in [0.1, 0.15) is 12.0 Å². The van der Waals surface area contributed by atoms with Crippen LogP contribution in [0.4, 0.5) is 0 Å². The van der Waals surface area contributed by atoms with Gasteiger partial charge in [-0.2, -0.15) is 0 Å². The predicted molar refractivity (Wildman–Crippen MR) is 73.5 cm³/mol. The molecule has 0 aromatic heterocycles. The number of oxime groups is 1. The maximum absolute atomic E-state index is 8.41. The fourth-order valence-corrected chi connectivity index (χ4v) is 1.70. The van der Waals surface area contributed by atoms with Gasteiger partial charge in [0, 0.05) is 23.1 Å². The first-order chi connectivity index (χ1) is 7.61. The average molecular weight is 333 g/mol. The van der Waals surface area contributed by atoms with Crippen LogP contribution in [-0.4, -0.2) is 29.5 Å². The van der Waals surface area contributed by atoms with E-state index in [-0.39, 0.29) is 5.84 Å². The zero-order valence-corrected chi connectivity index (χ0v) is 11.4. The molecule has 1 rings (SSSR count). The normalized spacial score (nSPS) is 12.1. The highest BCUT2D eigenvalue weighted by molar-refractivity contribution is 14.1. The maximum atomic E-state index is 8.41. The monoisotopic (exact) mass is 333 g/mol. The Labute approximate surface area is 109 Å². The molecular formula is C11H16IN3O. The zero-order chi connectivity index (χ0) is 12.0. The minimum Gasteiger partial charge on any atom is -0.409 e. The highest BCUT2D eigenvalue weighted by atomic mass is 127. The standard InChI is InChI=1S/C11H16IN3O/c1-15(7-6-11(13)14-16)8-9-2-4-10(12)5-3-9/h2-5,16H,6-8H2,1H3,(H2,13,14). The van der Waals surface area contributed by atoms with Crippen LogP contribution in [0.25, 0.3) is 0 Å². The van der Waals surface area contributed by atoms with Crippen LogP contribution in [0.3, 0.4) is 0 Å². The molecule has 0 amide bonds. The third-order valence-electron chi connectivity index (χ3n) is 2.24. The molecule has 0 spiro atoms. The fourth-order valence-electron chi connectivity index (χ4n) is 1.34. The first kappa shape index (κ1) is 13.2. The van der Waals surface area contributed by atoms with Crippen molar-refractivity contribution in [2.24, 2.45) is 10.9 Å². The summed E-state index contributed by atoms with van der Waals surface area (Å²) in [7, 11) is 2.02. The molecule has 0 atom stereocenters. The molecule has 5 heteroatoms. The second-order valence-corrected chi connectivity index (χ2v) is 4.95. The molecule has 0 heterocycles. The summed E-state index contributed by atoms with van der Waals surface area (Å²) in [4.78, 5) is 2.14. The molecule has 0 radical (unpaired) electrons. The first-order valence-corrected chi connectivity index (χ1v) is 6.09. The molecule has 0 saturated carbocycles. The maximum Gasteiger partial charge on any atom is 0.140 e. The van der Waals surface area contributed by atoms with E-state index in [1.807, 2.05) is 7.05 Å². The molecule has 1 aromatic rings. The minimum atomic E-state index is 0.273. The Kier molecular flexibility index (Phi) is 5.54. The summed E-state index contributed by atoms with van der Waals surface area (Å²) >= 11 is 2.29. The van der Waals surface area contributed by atoms with Gasteiger partial charge in [-0.25, -0.2) is 0 Å². The number of halogens is 1. The van der Waals surface area contributed by atoms with Crippen molar-refractivity contribution in [3.63, 3.8) is 0 Å². The SMILES string of the molecule is CN(CCC(N)=NO)Cc1ccc(I)cc1. The highest BCUT2D eigenvalue weighted by Crippen LogP contribution is 2.08. The minimum absolute atomic E-state index is 0.273. The molecule has 0 fully saturated rings. The second-order valence-electron chi connectivity index (χ2n) is 3.71. The summed E-state index contributed by atoms with van der Waals surface area (Å²) in [5, 5.41) is 11.4. The van der Waals surface area contributed by atoms with Crippen LogP contribution >= 0.6 is 22.6 Å². The van der Waals surface area contributed by atoms with Crippen molar-refractivity contribution in [2.45, 2.75) is 13.0 Å². The fraction of sp³-hybridized carbons (Fsp3) is 0.364. The summed E-state index contributed by atoms with van der Waals surface area (Å²) in [5.74, 6) is 0.273. The van der Waals surface area contributed by atoms with Gasteiger partial charge in [0.25, 0.3) is 0 Å². The van der Waals surface area contributed by atoms with Gasteiger partial charge in [-0.3, -0.25) is 0 Å². The Morgan fingerprint density at radius 3 is 2.62 bits per heavy atom. The van der Waals surface area contributed by atoms with E-state index >= 15 is 0 Å². The smallest absolute Gasteiger partial charge is 0.140 e. The molecule has 16 heavy (non-hydrogen) atoms. The Hall–Kier alpha value is -0.820. The van der Waals surface area contributed by atoms with Crippen molar-refractivity contribution in [1.82, 2.24) is 4.90 Å². The lowest BCUT2D eigenvalue weighted by Gasteiger charge is -2.16. The number of hydrogen-bond acceptors (Lipinski definition) is 3. The first-order valence-electron chi connectivity index (χ1n) is 5.01. The van der Waals surface area contributed by atoms with Crippen molar-refractivity contribution >= 4 is 28.4 Å². The average Bonchev–Trinajstić information content (AvgIpc) is 2.29. The van der Waals surface area contributed by atoms with Gasteiger partial charge in [-0.05, 0) is 47.3 Å². The topological polar surface area (TPSA) is 61.8 Å². The molecule has 0 saturated heterocycles. The van der Waals surface area contributed by atoms with Crippen LogP contribution < -0.4 is 5.73 Å². The van der Waals surface area contributed by atoms with Crippen LogP contribution in [0.2, 0.25) is 0 Å². The lowest BCUT2D eigenvalue weighted by molar-refractivity contribution is 0.309. The summed E-state index contributed by atoms with van der Waals surface area (Å²) in [6.45, 7) is 1.65. The quantitative estimate of drug-likeness (QED) is 0.284. The third kappa shape index (κ3) is 4.80. The van der Waals surface area contributed by atoms with Crippen molar-refractivity contribution in [2.75, 3.05) is 13.6 Å². The molecule has 0 bridgehead atoms. The van der Waals surface area contributed by atoms with E-state index in [1.165, 1.54) is 9.13 Å². The molecule has 1 aromatic carbocycles. The highest BCUT2D eigenvalue weighted by Gasteiger charge is 2.01. The van der Waals surface area contributed by atoms with Gasteiger partial charge >= 0.3 is 0 Å². The molecule has 0 aliphatic carbocycles. The van der Waals surface area contributed by atoms with Crippen molar-refractivity contribution < 1.29 is 5.21 Å². The van der Waals surface area contributed by atoms with Gasteiger partial charge in [0.05, 0.1) is 0 Å². The molecule has 88 valence electrons. The van der Waals surface area contributed by atoms with Crippen LogP contribution in [0, 0.1) is 3.57 Å². The number of nitrogens with two attached hydrogens (primary N) is 1. The number of benzene rings is 1. The molecule has 0 aliphatic rings. The Bertz CT molecular complexity index is 351. The Morgan fingerprint density at radius 1 is 1.44 bits per heavy atom. The Balaban J connectivity index is 2.39. The van der Waals surface area contributed by atoms with E-state index in [2.05, 4.69) is 56.9 Å². The summed E-state index contributed by atoms with van der Waals surface area (Å²) in [6, 6.07) is 8.41. The second kappa shape index (κ2) is 6.70. The third-order valence-corrected chi connectivity index (χ3v) is 2.96. The lowest BCUT2D eigenvalue weighted by atomic mass is 10.2. The van der Waals surface area contributed by atoms with Gasteiger partial charge in [0.2, 0.25) is 0 Å². The number of hydrogen-bond donors (Lipinski definition) is 2. The molecular weight excluding hydrogens is 317 g/mol. The van der Waals surface area contributed by atoms with Crippen LogP contribution in [0.5, 0.6) is 0 Å². The van der Waals surface area contributed by atoms with E-state index in [9.17, 15) is 0 Å². The van der Waals surface area contributed by atoms with Gasteiger partial charge < -0.3 is 15.8 Å². The van der Waals surface area contributed by atoms with Crippen molar-refractivity contribution in [3.8, 4) is 0 Å². The predicted octanol–water partition coefficient (Wildman–Crippen LogP) is 1.86. The summed E-state index contributed by atoms with van der Waals surface area (Å²) in [5.41, 5.74) is 6.67. The molecule has 3 N–H and O–H groups in total. The van der Waals surface area contributed by atoms with Crippen molar-refractivity contribution in [1.29, 1.82) is 0 Å². The number of rotatable bonds is 5. The van der Waals surface area contributed by atoms with Gasteiger partial charge in [-0.1, -0.05) is 17.3 Å². The number of nitrogens with zero attached hydrogens (tertiary/aromatic N) is 2. The van der Waals surface area contributed by atoms with E-state index < -0.39 is 0 Å². The van der Waals surface area contributed by atoms with E-state index in [0.717, 1.165) is 13.1 Å². The van der Waals surface area contributed by atoms with Crippen LogP contribution in [-0.2, 0) is 6.54 Å². The Morgan fingerprint density at radius 2 is 2.06 bits per heavy atom.